The summed E-state index contributed by atoms with van der Waals surface area (Å²) in [6.07, 6.45) is 53.6. The molecular weight excluding hydrogens is 782 g/mol. The fraction of sp³-hybridized carbons (Fsp3) is 0.904. The molecule has 0 bridgehead atoms. The lowest BCUT2D eigenvalue weighted by atomic mass is 10.1. The fourth-order valence-electron chi connectivity index (χ4n) is 7.43. The Morgan fingerprint density at radius 1 is 0.492 bits per heavy atom. The molecule has 0 spiro atoms. The van der Waals surface area contributed by atoms with E-state index >= 15 is 0 Å². The number of carbonyl (C=O) groups excluding carboxylic acids is 1. The smallest absolute Gasteiger partial charge is 0.457 e. The Hall–Kier alpha value is -1.02. The van der Waals surface area contributed by atoms with E-state index < -0.39 is 13.9 Å². The summed E-state index contributed by atoms with van der Waals surface area (Å²) in [6.45, 7) is 5.65. The molecule has 0 saturated carbocycles. The van der Waals surface area contributed by atoms with Gasteiger partial charge in [-0.2, -0.15) is 0 Å². The van der Waals surface area contributed by atoms with Crippen LogP contribution >= 0.6 is 7.82 Å². The van der Waals surface area contributed by atoms with Crippen molar-refractivity contribution in [2.45, 2.75) is 251 Å². The molecule has 61 heavy (non-hydrogen) atoms. The minimum absolute atomic E-state index is 0.0893. The molecule has 0 aliphatic carbocycles. The number of nitrogens with zero attached hydrogens (tertiary/aromatic N) is 1. The van der Waals surface area contributed by atoms with Gasteiger partial charge in [0.2, 0.25) is 0 Å². The van der Waals surface area contributed by atoms with Crippen LogP contribution in [0.2, 0.25) is 0 Å². The van der Waals surface area contributed by atoms with Gasteiger partial charge in [-0.05, 0) is 64.2 Å². The zero-order chi connectivity index (χ0) is 44.8. The zero-order valence-corrected chi connectivity index (χ0v) is 42.1. The standard InChI is InChI=1S/C52H102NO7P/c1-6-8-10-12-14-16-18-20-22-24-26-27-28-29-31-33-35-37-39-41-43-45-52(54)60-51(50-59-61(55,56)58-48-46-53(3,4)5)49-57-47-44-42-40-38-36-34-32-30-25-23-21-19-17-15-13-11-9-7-2/h21,23-24,26,51H,6-20,22,25,27-50H2,1-5H3/p+1/b23-21-,26-24-. The normalized spacial score (nSPS) is 13.7. The van der Waals surface area contributed by atoms with E-state index in [9.17, 15) is 14.3 Å². The topological polar surface area (TPSA) is 91.3 Å². The highest BCUT2D eigenvalue weighted by Crippen LogP contribution is 2.43. The van der Waals surface area contributed by atoms with Gasteiger partial charge in [0.15, 0.2) is 0 Å². The fourth-order valence-corrected chi connectivity index (χ4v) is 8.17. The lowest BCUT2D eigenvalue weighted by molar-refractivity contribution is -0.870. The second-order valence-corrected chi connectivity index (χ2v) is 20.4. The number of quaternary nitrogens is 1. The number of hydrogen-bond acceptors (Lipinski definition) is 6. The van der Waals surface area contributed by atoms with Crippen LogP contribution in [0.1, 0.15) is 245 Å². The van der Waals surface area contributed by atoms with E-state index in [1.165, 1.54) is 193 Å². The molecule has 1 N–H and O–H groups in total. The molecule has 0 amide bonds. The molecule has 362 valence electrons. The van der Waals surface area contributed by atoms with Crippen LogP contribution in [-0.2, 0) is 27.9 Å². The Kier molecular flexibility index (Phi) is 44.8. The van der Waals surface area contributed by atoms with Crippen LogP contribution in [0.5, 0.6) is 0 Å². The van der Waals surface area contributed by atoms with Crippen molar-refractivity contribution >= 4 is 13.8 Å². The first-order valence-electron chi connectivity index (χ1n) is 26.1. The molecule has 0 aromatic heterocycles. The predicted octanol–water partition coefficient (Wildman–Crippen LogP) is 16.0. The Bertz CT molecular complexity index is 1030. The minimum atomic E-state index is -4.28. The van der Waals surface area contributed by atoms with Gasteiger partial charge in [-0.15, -0.1) is 0 Å². The third-order valence-corrected chi connectivity index (χ3v) is 12.5. The highest BCUT2D eigenvalue weighted by Gasteiger charge is 2.26. The lowest BCUT2D eigenvalue weighted by Crippen LogP contribution is -2.37. The zero-order valence-electron chi connectivity index (χ0n) is 41.2. The summed E-state index contributed by atoms with van der Waals surface area (Å²) < 4.78 is 35.2. The number of phosphoric ester groups is 1. The van der Waals surface area contributed by atoms with E-state index in [1.54, 1.807) is 0 Å². The van der Waals surface area contributed by atoms with Crippen LogP contribution in [0.3, 0.4) is 0 Å². The van der Waals surface area contributed by atoms with Crippen LogP contribution < -0.4 is 0 Å². The Morgan fingerprint density at radius 3 is 1.25 bits per heavy atom. The number of likely N-dealkylation sites (N-methyl/N-ethyl adjacent to an activating group) is 1. The second-order valence-electron chi connectivity index (χ2n) is 18.9. The lowest BCUT2D eigenvalue weighted by Gasteiger charge is -2.24. The van der Waals surface area contributed by atoms with Gasteiger partial charge in [-0.3, -0.25) is 13.8 Å². The first-order valence-corrected chi connectivity index (χ1v) is 27.6. The van der Waals surface area contributed by atoms with E-state index in [2.05, 4.69) is 38.2 Å². The van der Waals surface area contributed by atoms with Gasteiger partial charge >= 0.3 is 13.8 Å². The molecule has 0 heterocycles. The Labute approximate surface area is 379 Å². The van der Waals surface area contributed by atoms with Gasteiger partial charge in [0.25, 0.3) is 0 Å². The molecule has 0 aromatic carbocycles. The van der Waals surface area contributed by atoms with Crippen LogP contribution in [0, 0.1) is 0 Å². The van der Waals surface area contributed by atoms with Gasteiger partial charge in [0.05, 0.1) is 34.4 Å². The van der Waals surface area contributed by atoms with Gasteiger partial charge in [0, 0.05) is 13.0 Å². The second kappa shape index (κ2) is 45.5. The SMILES string of the molecule is CCCCCCCC/C=C\CCCCCCCCCCOCC(COP(=O)(O)OCC[N+](C)(C)C)OC(=O)CCCCCCCCCCC/C=C\CCCCCCCCCC. The molecule has 0 fully saturated rings. The molecule has 0 aliphatic rings. The monoisotopic (exact) mass is 885 g/mol. The Balaban J connectivity index is 4.12. The van der Waals surface area contributed by atoms with Crippen molar-refractivity contribution in [2.24, 2.45) is 0 Å². The number of esters is 1. The molecule has 0 radical (unpaired) electrons. The number of unbranched alkanes of at least 4 members (excludes halogenated alkanes) is 31. The molecule has 8 nitrogen and oxygen atoms in total. The number of carbonyl (C=O) groups is 1. The molecule has 2 atom stereocenters. The summed E-state index contributed by atoms with van der Waals surface area (Å²) in [4.78, 5) is 23.0. The average molecular weight is 885 g/mol. The quantitative estimate of drug-likeness (QED) is 0.0214. The summed E-state index contributed by atoms with van der Waals surface area (Å²) in [5, 5.41) is 0. The average Bonchev–Trinajstić information content (AvgIpc) is 3.22. The summed E-state index contributed by atoms with van der Waals surface area (Å²) in [5.41, 5.74) is 0. The van der Waals surface area contributed by atoms with Crippen molar-refractivity contribution in [3.8, 4) is 0 Å². The summed E-state index contributed by atoms with van der Waals surface area (Å²) in [7, 11) is 1.67. The molecule has 2 unspecified atom stereocenters. The van der Waals surface area contributed by atoms with E-state index in [1.807, 2.05) is 21.1 Å². The first kappa shape index (κ1) is 60.0. The van der Waals surface area contributed by atoms with Crippen LogP contribution in [0.25, 0.3) is 0 Å². The molecule has 0 rings (SSSR count). The number of ether oxygens (including phenoxy) is 2. The molecular formula is C52H103NO7P+. The van der Waals surface area contributed by atoms with Crippen LogP contribution in [0.4, 0.5) is 0 Å². The molecule has 9 heteroatoms. The largest absolute Gasteiger partial charge is 0.472 e. The maximum absolute atomic E-state index is 12.8. The third kappa shape index (κ3) is 49.8. The van der Waals surface area contributed by atoms with E-state index in [0.29, 0.717) is 24.1 Å². The van der Waals surface area contributed by atoms with Gasteiger partial charge in [-0.25, -0.2) is 4.57 Å². The molecule has 0 aromatic rings. The third-order valence-electron chi connectivity index (χ3n) is 11.5. The van der Waals surface area contributed by atoms with E-state index in [-0.39, 0.29) is 25.8 Å². The van der Waals surface area contributed by atoms with Crippen molar-refractivity contribution < 1.29 is 37.3 Å². The number of rotatable bonds is 49. The van der Waals surface area contributed by atoms with Gasteiger partial charge in [-0.1, -0.05) is 199 Å². The maximum atomic E-state index is 12.8. The molecule has 0 saturated heterocycles. The Morgan fingerprint density at radius 2 is 0.852 bits per heavy atom. The predicted molar refractivity (Wildman–Crippen MR) is 261 cm³/mol. The van der Waals surface area contributed by atoms with Crippen molar-refractivity contribution in [3.63, 3.8) is 0 Å². The van der Waals surface area contributed by atoms with Crippen molar-refractivity contribution in [1.82, 2.24) is 0 Å². The first-order chi connectivity index (χ1) is 29.6. The summed E-state index contributed by atoms with van der Waals surface area (Å²) in [5.74, 6) is -0.313. The van der Waals surface area contributed by atoms with Gasteiger partial charge < -0.3 is 18.9 Å². The van der Waals surface area contributed by atoms with Crippen LogP contribution in [-0.4, -0.2) is 75.6 Å². The van der Waals surface area contributed by atoms with Crippen molar-refractivity contribution in [3.05, 3.63) is 24.3 Å². The minimum Gasteiger partial charge on any atom is -0.457 e. The summed E-state index contributed by atoms with van der Waals surface area (Å²) >= 11 is 0. The number of phosphoric acid groups is 1. The highest BCUT2D eigenvalue weighted by atomic mass is 31.2. The van der Waals surface area contributed by atoms with Crippen LogP contribution in [0.15, 0.2) is 24.3 Å². The maximum Gasteiger partial charge on any atom is 0.472 e. The number of allylic oxidation sites excluding steroid dienone is 4. The van der Waals surface area contributed by atoms with Gasteiger partial charge in [0.1, 0.15) is 19.3 Å². The number of hydrogen-bond donors (Lipinski definition) is 1. The highest BCUT2D eigenvalue weighted by molar-refractivity contribution is 7.47. The summed E-state index contributed by atoms with van der Waals surface area (Å²) in [6, 6.07) is 0. The van der Waals surface area contributed by atoms with E-state index in [4.69, 9.17) is 18.5 Å². The van der Waals surface area contributed by atoms with E-state index in [0.717, 1.165) is 32.1 Å². The molecule has 0 aliphatic heterocycles. The van der Waals surface area contributed by atoms with Crippen molar-refractivity contribution in [1.29, 1.82) is 0 Å². The van der Waals surface area contributed by atoms with Crippen molar-refractivity contribution in [2.75, 3.05) is 54.1 Å².